The molecule has 0 aliphatic carbocycles. The van der Waals surface area contributed by atoms with Crippen molar-refractivity contribution in [3.63, 3.8) is 0 Å². The van der Waals surface area contributed by atoms with E-state index in [1.54, 1.807) is 6.07 Å². The summed E-state index contributed by atoms with van der Waals surface area (Å²) >= 11 is 1.47. The number of hydrogen-bond donors (Lipinski definition) is 4. The summed E-state index contributed by atoms with van der Waals surface area (Å²) in [5, 5.41) is 28.4. The molecule has 55 heavy (non-hydrogen) atoms. The molecule has 0 radical (unpaired) electrons. The number of benzene rings is 3. The average molecular weight is 773 g/mol. The van der Waals surface area contributed by atoms with Crippen molar-refractivity contribution in [1.29, 1.82) is 0 Å². The Morgan fingerprint density at radius 3 is 2.69 bits per heavy atom. The fraction of sp³-hybridized carbons (Fsp3) is 0.450. The number of likely N-dealkylation sites (N-methyl/N-ethyl adjacent to an activating group) is 1. The number of aliphatic hydroxyl groups is 1. The number of esters is 2. The molecule has 0 amide bonds. The van der Waals surface area contributed by atoms with Gasteiger partial charge in [0.05, 0.1) is 36.2 Å². The summed E-state index contributed by atoms with van der Waals surface area (Å²) in [4.78, 5) is 35.2. The number of hydrogen-bond acceptors (Lipinski definition) is 13. The highest BCUT2D eigenvalue weighted by molar-refractivity contribution is 7.99. The van der Waals surface area contributed by atoms with Crippen molar-refractivity contribution in [2.45, 2.75) is 74.8 Å². The minimum absolute atomic E-state index is 0.0382. The molecule has 7 atom stereocenters. The molecule has 13 nitrogen and oxygen atoms in total. The van der Waals surface area contributed by atoms with Crippen molar-refractivity contribution in [2.75, 3.05) is 39.9 Å². The Morgan fingerprint density at radius 1 is 1.11 bits per heavy atom. The first-order chi connectivity index (χ1) is 26.4. The van der Waals surface area contributed by atoms with Gasteiger partial charge >= 0.3 is 11.9 Å². The maximum Gasteiger partial charge on any atom is 0.333 e. The smallest absolute Gasteiger partial charge is 0.333 e. The molecular weight excluding hydrogens is 732 g/mol. The largest absolute Gasteiger partial charge is 0.504 e. The van der Waals surface area contributed by atoms with Crippen LogP contribution in [0, 0.1) is 19.7 Å². The molecule has 0 saturated carbocycles. The topological polar surface area (TPSA) is 155 Å². The van der Waals surface area contributed by atoms with E-state index < -0.39 is 58.9 Å². The second-order valence-electron chi connectivity index (χ2n) is 15.4. The number of aryl methyl sites for hydroxylation is 1. The zero-order valence-electron chi connectivity index (χ0n) is 30.9. The summed E-state index contributed by atoms with van der Waals surface area (Å²) in [5.74, 6) is 0.354. The predicted octanol–water partition coefficient (Wildman–Crippen LogP) is 4.32. The number of ether oxygens (including phenoxy) is 5. The maximum atomic E-state index is 14.8. The molecule has 1 unspecified atom stereocenters. The zero-order chi connectivity index (χ0) is 38.2. The third-order valence-corrected chi connectivity index (χ3v) is 14.2. The molecule has 15 heteroatoms. The Balaban J connectivity index is 1.24. The number of aromatic nitrogens is 1. The second kappa shape index (κ2) is 12.2. The summed E-state index contributed by atoms with van der Waals surface area (Å²) < 4.78 is 45.0. The molecule has 4 bridgehead atoms. The monoisotopic (exact) mass is 772 g/mol. The van der Waals surface area contributed by atoms with Gasteiger partial charge in [0.1, 0.15) is 24.4 Å². The van der Waals surface area contributed by atoms with Gasteiger partial charge in [-0.15, -0.1) is 11.8 Å². The molecule has 2 fully saturated rings. The number of phenolic OH excluding ortho intramolecular Hbond substituents is 1. The highest BCUT2D eigenvalue weighted by Gasteiger charge is 2.61. The SMILES string of the molecule is COc1c(C)cc2c(c1O)[C@H]1C3[C@@H]4SC[C@]5(NCCc6c5[nH]c5cc(F)ccc65)C(=O)OC[C@@H](c5c6c(c(C)c(OC(C)=O)c54)OCO6)N3[C@@H](O)[C@H](C2)N1C. The minimum Gasteiger partial charge on any atom is -0.504 e. The van der Waals surface area contributed by atoms with Gasteiger partial charge in [-0.2, -0.15) is 0 Å². The Bertz CT molecular complexity index is 2350. The van der Waals surface area contributed by atoms with E-state index in [9.17, 15) is 24.2 Å². The molecule has 4 aromatic rings. The van der Waals surface area contributed by atoms with Crippen molar-refractivity contribution >= 4 is 34.6 Å². The van der Waals surface area contributed by atoms with E-state index in [0.717, 1.165) is 22.1 Å². The van der Waals surface area contributed by atoms with Crippen LogP contribution in [0.5, 0.6) is 28.7 Å². The number of methoxy groups -OCH3 is 1. The number of carbonyl (C=O) groups is 2. The summed E-state index contributed by atoms with van der Waals surface area (Å²) in [6, 6.07) is 4.38. The number of aromatic hydroxyl groups is 1. The van der Waals surface area contributed by atoms with Crippen LogP contribution in [0.2, 0.25) is 0 Å². The molecule has 8 heterocycles. The van der Waals surface area contributed by atoms with Gasteiger partial charge < -0.3 is 38.9 Å². The van der Waals surface area contributed by atoms with Gasteiger partial charge in [0.2, 0.25) is 6.79 Å². The first kappa shape index (κ1) is 34.9. The lowest BCUT2D eigenvalue weighted by atomic mass is 9.73. The predicted molar refractivity (Wildman–Crippen MR) is 198 cm³/mol. The number of piperazine rings is 1. The number of H-pyrrole nitrogens is 1. The third-order valence-electron chi connectivity index (χ3n) is 12.7. The van der Waals surface area contributed by atoms with Crippen molar-refractivity contribution in [1.82, 2.24) is 20.1 Å². The normalized spacial score (nSPS) is 29.3. The first-order valence-corrected chi connectivity index (χ1v) is 19.6. The van der Waals surface area contributed by atoms with E-state index in [1.165, 1.54) is 37.9 Å². The van der Waals surface area contributed by atoms with Gasteiger partial charge in [-0.3, -0.25) is 19.9 Å². The third kappa shape index (κ3) is 4.67. The number of phenols is 1. The Labute approximate surface area is 320 Å². The number of aliphatic hydroxyl groups excluding tert-OH is 1. The highest BCUT2D eigenvalue weighted by Crippen LogP contribution is 2.64. The lowest BCUT2D eigenvalue weighted by Gasteiger charge is -2.62. The molecule has 7 aliphatic rings. The minimum atomic E-state index is -1.36. The van der Waals surface area contributed by atoms with Crippen LogP contribution in [0.3, 0.4) is 0 Å². The van der Waals surface area contributed by atoms with Crippen LogP contribution in [0.15, 0.2) is 24.3 Å². The lowest BCUT2D eigenvalue weighted by molar-refractivity contribution is -0.186. The van der Waals surface area contributed by atoms with E-state index in [4.69, 9.17) is 23.7 Å². The van der Waals surface area contributed by atoms with Gasteiger partial charge in [-0.1, -0.05) is 6.07 Å². The van der Waals surface area contributed by atoms with Crippen molar-refractivity contribution in [3.8, 4) is 28.7 Å². The van der Waals surface area contributed by atoms with Gasteiger partial charge in [-0.25, -0.2) is 9.18 Å². The van der Waals surface area contributed by atoms with Crippen molar-refractivity contribution < 1.29 is 47.9 Å². The summed E-state index contributed by atoms with van der Waals surface area (Å²) in [7, 11) is 3.49. The van der Waals surface area contributed by atoms with E-state index in [1.807, 2.05) is 31.9 Å². The molecule has 1 spiro atoms. The average Bonchev–Trinajstić information content (AvgIpc) is 3.79. The number of rotatable bonds is 2. The standard InChI is InChI=1S/C40H41FN4O9S/c1-16-10-19-11-24-38(48)45-25-13-51-39(49)40(37-22(8-9-42-40)21-7-6-20(41)12-23(21)43-37)14-55-36(30(45)29(44(24)4)26(19)31(47)32(16)50-5)28-27(25)35-34(52-15-53-35)17(2)33(28)54-18(3)46/h6-7,10,12,24-25,29-30,36,38,42-43,47-48H,8-9,11,13-15H2,1-5H3/t24-,25-,29-,30?,36+,38-,40+/m0/s1. The van der Waals surface area contributed by atoms with Crippen molar-refractivity contribution in [2.24, 2.45) is 0 Å². The van der Waals surface area contributed by atoms with Crippen LogP contribution >= 0.6 is 11.8 Å². The van der Waals surface area contributed by atoms with Crippen LogP contribution in [0.4, 0.5) is 4.39 Å². The molecule has 2 saturated heterocycles. The van der Waals surface area contributed by atoms with Crippen LogP contribution in [0.25, 0.3) is 10.9 Å². The Morgan fingerprint density at radius 2 is 1.91 bits per heavy atom. The van der Waals surface area contributed by atoms with Crippen LogP contribution < -0.4 is 24.3 Å². The molecule has 288 valence electrons. The molecule has 11 rings (SSSR count). The quantitative estimate of drug-likeness (QED) is 0.169. The molecule has 3 aromatic carbocycles. The van der Waals surface area contributed by atoms with Crippen molar-refractivity contribution in [3.05, 3.63) is 74.7 Å². The molecule has 4 N–H and O–H groups in total. The fourth-order valence-corrected chi connectivity index (χ4v) is 12.1. The number of nitrogens with one attached hydrogen (secondary N) is 2. The lowest BCUT2D eigenvalue weighted by Crippen LogP contribution is -2.70. The van der Waals surface area contributed by atoms with Gasteiger partial charge in [0.15, 0.2) is 28.5 Å². The molecule has 1 aromatic heterocycles. The fourth-order valence-electron chi connectivity index (χ4n) is 10.4. The van der Waals surface area contributed by atoms with Gasteiger partial charge in [0.25, 0.3) is 0 Å². The number of aromatic amines is 1. The summed E-state index contributed by atoms with van der Waals surface area (Å²) in [6.07, 6.45) is 0.0172. The van der Waals surface area contributed by atoms with E-state index in [-0.39, 0.29) is 24.9 Å². The van der Waals surface area contributed by atoms with Crippen LogP contribution in [-0.4, -0.2) is 95.1 Å². The number of halogens is 1. The van der Waals surface area contributed by atoms with Crippen LogP contribution in [0.1, 0.15) is 68.9 Å². The maximum absolute atomic E-state index is 14.8. The molecule has 7 aliphatic heterocycles. The number of thioether (sulfide) groups is 1. The number of carbonyl (C=O) groups excluding carboxylic acids is 2. The van der Waals surface area contributed by atoms with Gasteiger partial charge in [0, 0.05) is 58.4 Å². The van der Waals surface area contributed by atoms with Gasteiger partial charge in [-0.05, 0) is 68.6 Å². The Hall–Kier alpha value is -4.54. The highest BCUT2D eigenvalue weighted by atomic mass is 32.2. The van der Waals surface area contributed by atoms with E-state index in [0.29, 0.717) is 75.8 Å². The molecular formula is C40H41FN4O9S. The Kier molecular flexibility index (Phi) is 7.76. The second-order valence-corrected chi connectivity index (χ2v) is 16.5. The summed E-state index contributed by atoms with van der Waals surface area (Å²) in [6.45, 7) is 5.28. The first-order valence-electron chi connectivity index (χ1n) is 18.5. The van der Waals surface area contributed by atoms with E-state index >= 15 is 0 Å². The van der Waals surface area contributed by atoms with Crippen LogP contribution in [-0.2, 0) is 32.7 Å². The number of nitrogens with zero attached hydrogens (tertiary/aromatic N) is 2. The van der Waals surface area contributed by atoms with E-state index in [2.05, 4.69) is 15.2 Å². The summed E-state index contributed by atoms with van der Waals surface area (Å²) in [5.41, 5.74) is 5.04. The number of fused-ring (bicyclic) bond motifs is 11. The zero-order valence-corrected chi connectivity index (χ0v) is 31.8.